The van der Waals surface area contributed by atoms with Crippen LogP contribution >= 0.6 is 0 Å². The van der Waals surface area contributed by atoms with Gasteiger partial charge >= 0.3 is 0 Å². The number of aromatic nitrogens is 5. The number of hydrogen-bond acceptors (Lipinski definition) is 6. The zero-order valence-electron chi connectivity index (χ0n) is 14.0. The quantitative estimate of drug-likeness (QED) is 0.837. The average molecular weight is 325 g/mol. The first-order valence-electron chi connectivity index (χ1n) is 8.89. The summed E-state index contributed by atoms with van der Waals surface area (Å²) in [5.74, 6) is 3.30. The van der Waals surface area contributed by atoms with Gasteiger partial charge in [-0.15, -0.1) is 5.10 Å². The van der Waals surface area contributed by atoms with Crippen molar-refractivity contribution >= 4 is 5.82 Å². The molecule has 5 rings (SSSR count). The lowest BCUT2D eigenvalue weighted by atomic mass is 10.0. The predicted octanol–water partition coefficient (Wildman–Crippen LogP) is 1.05. The van der Waals surface area contributed by atoms with Crippen molar-refractivity contribution in [1.29, 1.82) is 0 Å². The highest BCUT2D eigenvalue weighted by atomic mass is 15.4. The third-order valence-electron chi connectivity index (χ3n) is 5.75. The molecule has 0 aromatic carbocycles. The maximum atomic E-state index is 4.53. The summed E-state index contributed by atoms with van der Waals surface area (Å²) in [5.41, 5.74) is 2.43. The van der Waals surface area contributed by atoms with E-state index in [1.807, 2.05) is 17.9 Å². The normalized spacial score (nSPS) is 27.0. The summed E-state index contributed by atoms with van der Waals surface area (Å²) in [5, 5.41) is 8.01. The zero-order chi connectivity index (χ0) is 16.1. The molecule has 1 aliphatic carbocycles. The molecule has 2 unspecified atom stereocenters. The van der Waals surface area contributed by atoms with E-state index in [1.54, 1.807) is 6.33 Å². The van der Waals surface area contributed by atoms with Crippen LogP contribution < -0.4 is 4.90 Å². The fourth-order valence-electron chi connectivity index (χ4n) is 4.23. The van der Waals surface area contributed by atoms with Crippen LogP contribution in [0.25, 0.3) is 0 Å². The number of anilines is 1. The summed E-state index contributed by atoms with van der Waals surface area (Å²) in [6, 6.07) is 2.22. The average Bonchev–Trinajstić information content (AvgIpc) is 3.10. The molecule has 0 N–H and O–H groups in total. The maximum Gasteiger partial charge on any atom is 0.132 e. The highest BCUT2D eigenvalue weighted by Gasteiger charge is 2.40. The van der Waals surface area contributed by atoms with E-state index in [9.17, 15) is 0 Å². The Kier molecular flexibility index (Phi) is 3.29. The van der Waals surface area contributed by atoms with Crippen LogP contribution in [0.3, 0.4) is 0 Å². The van der Waals surface area contributed by atoms with Gasteiger partial charge in [0.1, 0.15) is 12.1 Å². The van der Waals surface area contributed by atoms with E-state index in [-0.39, 0.29) is 0 Å². The van der Waals surface area contributed by atoms with Crippen molar-refractivity contribution in [2.45, 2.75) is 25.3 Å². The molecule has 0 spiro atoms. The monoisotopic (exact) mass is 325 g/mol. The van der Waals surface area contributed by atoms with E-state index in [0.29, 0.717) is 5.92 Å². The van der Waals surface area contributed by atoms with Gasteiger partial charge in [-0.05, 0) is 24.7 Å². The summed E-state index contributed by atoms with van der Waals surface area (Å²) in [6.45, 7) is 5.51. The number of aryl methyl sites for hydroxylation is 1. The topological polar surface area (TPSA) is 63.0 Å². The van der Waals surface area contributed by atoms with Crippen molar-refractivity contribution < 1.29 is 0 Å². The molecule has 126 valence electrons. The van der Waals surface area contributed by atoms with Gasteiger partial charge in [0, 0.05) is 57.4 Å². The number of likely N-dealkylation sites (tertiary alicyclic amines) is 1. The third-order valence-corrected chi connectivity index (χ3v) is 5.75. The van der Waals surface area contributed by atoms with Crippen LogP contribution in [0.4, 0.5) is 5.82 Å². The number of nitrogens with zero attached hydrogens (tertiary/aromatic N) is 7. The number of rotatable bonds is 4. The molecule has 3 fully saturated rings. The maximum absolute atomic E-state index is 4.53. The molecule has 4 heterocycles. The first kappa shape index (κ1) is 14.3. The number of fused-ring (bicyclic) bond motifs is 1. The molecular weight excluding hydrogens is 302 g/mol. The van der Waals surface area contributed by atoms with Crippen molar-refractivity contribution in [2.24, 2.45) is 18.9 Å². The van der Waals surface area contributed by atoms with E-state index in [1.165, 1.54) is 24.2 Å². The van der Waals surface area contributed by atoms with Gasteiger partial charge in [0.15, 0.2) is 0 Å². The van der Waals surface area contributed by atoms with Crippen LogP contribution in [0, 0.1) is 11.8 Å². The Hall–Kier alpha value is -2.02. The smallest absolute Gasteiger partial charge is 0.132 e. The van der Waals surface area contributed by atoms with Crippen LogP contribution in [0.1, 0.15) is 30.1 Å². The van der Waals surface area contributed by atoms with E-state index in [0.717, 1.165) is 50.4 Å². The molecule has 3 aliphatic rings. The Bertz CT molecular complexity index is 724. The lowest BCUT2D eigenvalue weighted by molar-refractivity contribution is 0.300. The van der Waals surface area contributed by atoms with Crippen LogP contribution in [-0.2, 0) is 13.6 Å². The second kappa shape index (κ2) is 5.51. The summed E-state index contributed by atoms with van der Waals surface area (Å²) in [4.78, 5) is 14.0. The van der Waals surface area contributed by atoms with Crippen molar-refractivity contribution in [3.63, 3.8) is 0 Å². The summed E-state index contributed by atoms with van der Waals surface area (Å²) in [6.07, 6.45) is 6.21. The molecular formula is C17H23N7. The molecule has 0 bridgehead atoms. The number of hydrogen-bond donors (Lipinski definition) is 0. The van der Waals surface area contributed by atoms with Crippen LogP contribution in [0.15, 0.2) is 18.6 Å². The summed E-state index contributed by atoms with van der Waals surface area (Å²) in [7, 11) is 1.97. The molecule has 2 aromatic heterocycles. The van der Waals surface area contributed by atoms with Gasteiger partial charge in [0.2, 0.25) is 0 Å². The van der Waals surface area contributed by atoms with Crippen molar-refractivity contribution in [3.05, 3.63) is 30.0 Å². The van der Waals surface area contributed by atoms with Gasteiger partial charge in [-0.25, -0.2) is 9.97 Å². The molecule has 0 radical (unpaired) electrons. The largest absolute Gasteiger partial charge is 0.356 e. The fourth-order valence-corrected chi connectivity index (χ4v) is 4.23. The molecule has 2 saturated heterocycles. The highest BCUT2D eigenvalue weighted by molar-refractivity contribution is 5.42. The van der Waals surface area contributed by atoms with Gasteiger partial charge in [0.05, 0.1) is 11.9 Å². The standard InChI is InChI=1S/C17H23N7/c1-22-15(5-20-21-22)10-23-6-13-8-24(9-14(13)7-23)17-4-16(12-2-3-12)18-11-19-17/h4-5,11-14H,2-3,6-10H2,1H3. The first-order valence-corrected chi connectivity index (χ1v) is 8.89. The van der Waals surface area contributed by atoms with Crippen LogP contribution in [-0.4, -0.2) is 56.0 Å². The highest BCUT2D eigenvalue weighted by Crippen LogP contribution is 2.40. The Morgan fingerprint density at radius 2 is 1.88 bits per heavy atom. The minimum Gasteiger partial charge on any atom is -0.356 e. The zero-order valence-corrected chi connectivity index (χ0v) is 14.0. The van der Waals surface area contributed by atoms with Gasteiger partial charge in [-0.2, -0.15) is 0 Å². The second-order valence-electron chi connectivity index (χ2n) is 7.54. The summed E-state index contributed by atoms with van der Waals surface area (Å²) >= 11 is 0. The minimum absolute atomic E-state index is 0.692. The molecule has 7 nitrogen and oxygen atoms in total. The molecule has 2 aromatic rings. The van der Waals surface area contributed by atoms with E-state index in [4.69, 9.17) is 0 Å². The van der Waals surface area contributed by atoms with Crippen molar-refractivity contribution in [1.82, 2.24) is 29.9 Å². The minimum atomic E-state index is 0.692. The lowest BCUT2D eigenvalue weighted by Gasteiger charge is -2.22. The molecule has 1 saturated carbocycles. The van der Waals surface area contributed by atoms with E-state index in [2.05, 4.69) is 36.1 Å². The predicted molar refractivity (Wildman–Crippen MR) is 89.5 cm³/mol. The van der Waals surface area contributed by atoms with Crippen LogP contribution in [0.5, 0.6) is 0 Å². The molecule has 7 heteroatoms. The fraction of sp³-hybridized carbons (Fsp3) is 0.647. The van der Waals surface area contributed by atoms with Crippen molar-refractivity contribution in [2.75, 3.05) is 31.1 Å². The van der Waals surface area contributed by atoms with Gasteiger partial charge in [0.25, 0.3) is 0 Å². The Balaban J connectivity index is 1.23. The Morgan fingerprint density at radius 3 is 2.54 bits per heavy atom. The van der Waals surface area contributed by atoms with Gasteiger partial charge in [-0.1, -0.05) is 5.21 Å². The van der Waals surface area contributed by atoms with Crippen molar-refractivity contribution in [3.8, 4) is 0 Å². The SMILES string of the molecule is Cn1nncc1CN1CC2CN(c3cc(C4CC4)ncn3)CC2C1. The van der Waals surface area contributed by atoms with Gasteiger partial charge < -0.3 is 4.90 Å². The first-order chi connectivity index (χ1) is 11.8. The lowest BCUT2D eigenvalue weighted by Crippen LogP contribution is -2.29. The molecule has 2 atom stereocenters. The molecule has 2 aliphatic heterocycles. The molecule has 0 amide bonds. The Labute approximate surface area is 141 Å². The van der Waals surface area contributed by atoms with E-state index < -0.39 is 0 Å². The van der Waals surface area contributed by atoms with Gasteiger partial charge in [-0.3, -0.25) is 9.58 Å². The Morgan fingerprint density at radius 1 is 1.08 bits per heavy atom. The van der Waals surface area contributed by atoms with E-state index >= 15 is 0 Å². The molecule has 24 heavy (non-hydrogen) atoms. The summed E-state index contributed by atoms with van der Waals surface area (Å²) < 4.78 is 1.88. The van der Waals surface area contributed by atoms with Crippen LogP contribution in [0.2, 0.25) is 0 Å². The third kappa shape index (κ3) is 2.56. The second-order valence-corrected chi connectivity index (χ2v) is 7.54.